The fourth-order valence-corrected chi connectivity index (χ4v) is 1.85. The molecule has 1 aliphatic rings. The molecule has 0 bridgehead atoms. The Bertz CT molecular complexity index is 146. The van der Waals surface area contributed by atoms with Crippen LogP contribution in [0.5, 0.6) is 0 Å². The first-order valence-corrected chi connectivity index (χ1v) is 4.34. The van der Waals surface area contributed by atoms with Gasteiger partial charge in [-0.3, -0.25) is 4.79 Å². The van der Waals surface area contributed by atoms with E-state index in [0.29, 0.717) is 6.42 Å². The monoisotopic (exact) mass is 156 g/mol. The first-order valence-electron chi connectivity index (χ1n) is 4.34. The molecule has 1 aliphatic carbocycles. The van der Waals surface area contributed by atoms with Crippen LogP contribution >= 0.6 is 0 Å². The first-order chi connectivity index (χ1) is 5.12. The maximum absolute atomic E-state index is 10.8. The van der Waals surface area contributed by atoms with Gasteiger partial charge in [0.15, 0.2) is 0 Å². The summed E-state index contributed by atoms with van der Waals surface area (Å²) in [4.78, 5) is 10.8. The number of aliphatic hydroxyl groups is 1. The largest absolute Gasteiger partial charge is 0.389 e. The summed E-state index contributed by atoms with van der Waals surface area (Å²) in [5, 5.41) is 9.82. The SMILES string of the molecule is CC(=O)CC1(O)CCCCC1. The maximum Gasteiger partial charge on any atom is 0.132 e. The van der Waals surface area contributed by atoms with Crippen LogP contribution in [-0.2, 0) is 4.79 Å². The first kappa shape index (κ1) is 8.72. The lowest BCUT2D eigenvalue weighted by Crippen LogP contribution is -2.33. The van der Waals surface area contributed by atoms with Gasteiger partial charge in [0.05, 0.1) is 5.60 Å². The van der Waals surface area contributed by atoms with Crippen LogP contribution in [0.2, 0.25) is 0 Å². The highest BCUT2D eigenvalue weighted by molar-refractivity contribution is 5.76. The van der Waals surface area contributed by atoms with Crippen molar-refractivity contribution in [2.75, 3.05) is 0 Å². The summed E-state index contributed by atoms with van der Waals surface area (Å²) >= 11 is 0. The zero-order valence-electron chi connectivity index (χ0n) is 7.10. The van der Waals surface area contributed by atoms with Gasteiger partial charge >= 0.3 is 0 Å². The molecular formula is C9H16O2. The second kappa shape index (κ2) is 3.35. The number of rotatable bonds is 2. The molecule has 64 valence electrons. The van der Waals surface area contributed by atoms with Crippen LogP contribution in [0.1, 0.15) is 45.4 Å². The molecule has 1 saturated carbocycles. The minimum atomic E-state index is -0.649. The molecule has 0 aromatic rings. The predicted molar refractivity (Wildman–Crippen MR) is 43.3 cm³/mol. The molecule has 0 unspecified atom stereocenters. The average molecular weight is 156 g/mol. The lowest BCUT2D eigenvalue weighted by Gasteiger charge is -2.30. The molecule has 1 fully saturated rings. The van der Waals surface area contributed by atoms with Crippen molar-refractivity contribution in [3.8, 4) is 0 Å². The topological polar surface area (TPSA) is 37.3 Å². The summed E-state index contributed by atoms with van der Waals surface area (Å²) in [6.07, 6.45) is 5.33. The van der Waals surface area contributed by atoms with Gasteiger partial charge in [0.1, 0.15) is 5.78 Å². The molecule has 2 nitrogen and oxygen atoms in total. The highest BCUT2D eigenvalue weighted by atomic mass is 16.3. The molecule has 0 radical (unpaired) electrons. The van der Waals surface area contributed by atoms with Crippen LogP contribution < -0.4 is 0 Å². The van der Waals surface area contributed by atoms with Crippen molar-refractivity contribution < 1.29 is 9.90 Å². The van der Waals surface area contributed by atoms with Gasteiger partial charge in [0, 0.05) is 6.42 Å². The molecule has 0 saturated heterocycles. The van der Waals surface area contributed by atoms with E-state index in [1.807, 2.05) is 0 Å². The Labute approximate surface area is 67.6 Å². The number of Topliss-reactive ketones (excluding diaryl/α,β-unsaturated/α-hetero) is 1. The van der Waals surface area contributed by atoms with E-state index in [9.17, 15) is 9.90 Å². The van der Waals surface area contributed by atoms with Gasteiger partial charge in [-0.05, 0) is 19.8 Å². The summed E-state index contributed by atoms with van der Waals surface area (Å²) in [6, 6.07) is 0. The molecule has 2 heteroatoms. The van der Waals surface area contributed by atoms with E-state index >= 15 is 0 Å². The number of hydrogen-bond acceptors (Lipinski definition) is 2. The zero-order chi connectivity index (χ0) is 8.32. The normalized spacial score (nSPS) is 23.1. The van der Waals surface area contributed by atoms with Crippen molar-refractivity contribution >= 4 is 5.78 Å². The van der Waals surface area contributed by atoms with E-state index in [0.717, 1.165) is 25.7 Å². The molecule has 0 heterocycles. The van der Waals surface area contributed by atoms with Crippen LogP contribution in [-0.4, -0.2) is 16.5 Å². The van der Waals surface area contributed by atoms with Gasteiger partial charge in [-0.1, -0.05) is 19.3 Å². The van der Waals surface area contributed by atoms with Crippen molar-refractivity contribution in [2.45, 2.75) is 51.0 Å². The van der Waals surface area contributed by atoms with E-state index in [1.54, 1.807) is 6.92 Å². The standard InChI is InChI=1S/C9H16O2/c1-8(10)7-9(11)5-3-2-4-6-9/h11H,2-7H2,1H3. The fourth-order valence-electron chi connectivity index (χ4n) is 1.85. The van der Waals surface area contributed by atoms with Crippen LogP contribution in [0.25, 0.3) is 0 Å². The molecule has 1 N–H and O–H groups in total. The van der Waals surface area contributed by atoms with Gasteiger partial charge in [0.25, 0.3) is 0 Å². The third-order valence-electron chi connectivity index (χ3n) is 2.36. The number of hydrogen-bond donors (Lipinski definition) is 1. The van der Waals surface area contributed by atoms with Gasteiger partial charge in [-0.15, -0.1) is 0 Å². The number of carbonyl (C=O) groups is 1. The van der Waals surface area contributed by atoms with Crippen LogP contribution in [0.4, 0.5) is 0 Å². The van der Waals surface area contributed by atoms with Crippen molar-refractivity contribution in [3.05, 3.63) is 0 Å². The van der Waals surface area contributed by atoms with E-state index in [1.165, 1.54) is 6.42 Å². The van der Waals surface area contributed by atoms with Crippen molar-refractivity contribution in [3.63, 3.8) is 0 Å². The summed E-state index contributed by atoms with van der Waals surface area (Å²) in [5.74, 6) is 0.106. The minimum Gasteiger partial charge on any atom is -0.389 e. The molecule has 0 aromatic heterocycles. The molecule has 0 spiro atoms. The summed E-state index contributed by atoms with van der Waals surface area (Å²) in [5.41, 5.74) is -0.649. The fraction of sp³-hybridized carbons (Fsp3) is 0.889. The summed E-state index contributed by atoms with van der Waals surface area (Å²) in [7, 11) is 0. The Morgan fingerprint density at radius 2 is 1.91 bits per heavy atom. The lowest BCUT2D eigenvalue weighted by atomic mass is 9.82. The molecule has 1 rings (SSSR count). The van der Waals surface area contributed by atoms with Gasteiger partial charge in [-0.2, -0.15) is 0 Å². The van der Waals surface area contributed by atoms with Crippen molar-refractivity contribution in [2.24, 2.45) is 0 Å². The lowest BCUT2D eigenvalue weighted by molar-refractivity contribution is -0.123. The number of ketones is 1. The smallest absolute Gasteiger partial charge is 0.132 e. The van der Waals surface area contributed by atoms with Crippen molar-refractivity contribution in [1.29, 1.82) is 0 Å². The summed E-state index contributed by atoms with van der Waals surface area (Å²) in [6.45, 7) is 1.55. The Morgan fingerprint density at radius 1 is 1.36 bits per heavy atom. The third kappa shape index (κ3) is 2.62. The molecular weight excluding hydrogens is 140 g/mol. The third-order valence-corrected chi connectivity index (χ3v) is 2.36. The average Bonchev–Trinajstić information content (AvgIpc) is 1.85. The second-order valence-electron chi connectivity index (χ2n) is 3.66. The zero-order valence-corrected chi connectivity index (χ0v) is 7.10. The van der Waals surface area contributed by atoms with E-state index < -0.39 is 5.60 Å². The quantitative estimate of drug-likeness (QED) is 0.660. The highest BCUT2D eigenvalue weighted by Crippen LogP contribution is 2.30. The van der Waals surface area contributed by atoms with Crippen LogP contribution in [0.3, 0.4) is 0 Å². The van der Waals surface area contributed by atoms with Gasteiger partial charge < -0.3 is 5.11 Å². The molecule has 0 amide bonds. The Balaban J connectivity index is 2.43. The Hall–Kier alpha value is -0.370. The van der Waals surface area contributed by atoms with E-state index in [-0.39, 0.29) is 5.78 Å². The maximum atomic E-state index is 10.8. The molecule has 0 aromatic carbocycles. The molecule has 0 atom stereocenters. The van der Waals surface area contributed by atoms with E-state index in [2.05, 4.69) is 0 Å². The van der Waals surface area contributed by atoms with Crippen LogP contribution in [0.15, 0.2) is 0 Å². The van der Waals surface area contributed by atoms with Gasteiger partial charge in [0.2, 0.25) is 0 Å². The van der Waals surface area contributed by atoms with E-state index in [4.69, 9.17) is 0 Å². The van der Waals surface area contributed by atoms with Crippen molar-refractivity contribution in [1.82, 2.24) is 0 Å². The Kier molecular flexibility index (Phi) is 2.66. The number of carbonyl (C=O) groups excluding carboxylic acids is 1. The predicted octanol–water partition coefficient (Wildman–Crippen LogP) is 1.66. The van der Waals surface area contributed by atoms with Gasteiger partial charge in [-0.25, -0.2) is 0 Å². The van der Waals surface area contributed by atoms with Crippen LogP contribution in [0, 0.1) is 0 Å². The second-order valence-corrected chi connectivity index (χ2v) is 3.66. The summed E-state index contributed by atoms with van der Waals surface area (Å²) < 4.78 is 0. The highest BCUT2D eigenvalue weighted by Gasteiger charge is 2.29. The molecule has 11 heavy (non-hydrogen) atoms. The Morgan fingerprint density at radius 3 is 2.36 bits per heavy atom. The molecule has 0 aliphatic heterocycles. The minimum absolute atomic E-state index is 0.106.